The maximum atomic E-state index is 8.89. The van der Waals surface area contributed by atoms with E-state index >= 15 is 0 Å². The van der Waals surface area contributed by atoms with Gasteiger partial charge in [0.05, 0.1) is 0 Å². The Labute approximate surface area is 81.3 Å². The lowest BCUT2D eigenvalue weighted by Gasteiger charge is -1.96. The van der Waals surface area contributed by atoms with Crippen LogP contribution in [0.15, 0.2) is 0 Å². The Hall–Kier alpha value is -0.570. The second-order valence-corrected chi connectivity index (χ2v) is 3.05. The van der Waals surface area contributed by atoms with Gasteiger partial charge in [0.2, 0.25) is 0 Å². The molecule has 0 aromatic carbocycles. The molecular formula is C10H22NO2-. The molecule has 0 aliphatic heterocycles. The molecule has 0 atom stereocenters. The summed E-state index contributed by atoms with van der Waals surface area (Å²) in [4.78, 5) is 8.89. The number of carbonyl (C=O) groups excluding carboxylic acids is 1. The van der Waals surface area contributed by atoms with Crippen LogP contribution >= 0.6 is 0 Å². The highest BCUT2D eigenvalue weighted by atomic mass is 16.4. The van der Waals surface area contributed by atoms with Crippen molar-refractivity contribution in [2.24, 2.45) is 5.73 Å². The minimum absolute atomic E-state index is 0.867. The van der Waals surface area contributed by atoms with Crippen molar-refractivity contribution in [3.05, 3.63) is 0 Å². The summed E-state index contributed by atoms with van der Waals surface area (Å²) >= 11 is 0. The molecule has 0 fully saturated rings. The summed E-state index contributed by atoms with van der Waals surface area (Å²) in [6.45, 7) is 4.08. The SMILES string of the molecule is CC(=O)[O-].CCCCCCCCN. The van der Waals surface area contributed by atoms with Crippen molar-refractivity contribution in [3.8, 4) is 0 Å². The highest BCUT2D eigenvalue weighted by Crippen LogP contribution is 2.03. The van der Waals surface area contributed by atoms with Crippen LogP contribution in [0.3, 0.4) is 0 Å². The monoisotopic (exact) mass is 188 g/mol. The Morgan fingerprint density at radius 3 is 1.92 bits per heavy atom. The third-order valence-corrected chi connectivity index (χ3v) is 1.56. The molecule has 0 aliphatic rings. The summed E-state index contributed by atoms with van der Waals surface area (Å²) < 4.78 is 0. The number of aliphatic carboxylic acids is 1. The van der Waals surface area contributed by atoms with Gasteiger partial charge in [-0.15, -0.1) is 0 Å². The molecule has 0 aromatic heterocycles. The zero-order valence-corrected chi connectivity index (χ0v) is 8.84. The standard InChI is InChI=1S/C8H19N.C2H4O2/c1-2-3-4-5-6-7-8-9;1-2(3)4/h2-9H2,1H3;1H3,(H,3,4)/p-1. The molecule has 0 radical (unpaired) electrons. The summed E-state index contributed by atoms with van der Waals surface area (Å²) in [5.74, 6) is -1.08. The first-order valence-electron chi connectivity index (χ1n) is 5.02. The maximum Gasteiger partial charge on any atom is 0.0383 e. The van der Waals surface area contributed by atoms with Crippen molar-refractivity contribution in [2.45, 2.75) is 52.4 Å². The number of carboxylic acids is 1. The Balaban J connectivity index is 0. The molecule has 0 saturated carbocycles. The summed E-state index contributed by atoms with van der Waals surface area (Å²) in [5, 5.41) is 8.89. The van der Waals surface area contributed by atoms with E-state index in [0.717, 1.165) is 13.5 Å². The fraction of sp³-hybridized carbons (Fsp3) is 0.900. The van der Waals surface area contributed by atoms with E-state index in [1.54, 1.807) is 0 Å². The van der Waals surface area contributed by atoms with E-state index in [9.17, 15) is 0 Å². The highest BCUT2D eigenvalue weighted by molar-refractivity contribution is 5.60. The molecule has 0 aliphatic carbocycles. The highest BCUT2D eigenvalue weighted by Gasteiger charge is 1.85. The first-order valence-corrected chi connectivity index (χ1v) is 5.02. The molecule has 0 aromatic rings. The topological polar surface area (TPSA) is 66.1 Å². The van der Waals surface area contributed by atoms with Crippen molar-refractivity contribution >= 4 is 5.97 Å². The largest absolute Gasteiger partial charge is 0.550 e. The Bertz CT molecular complexity index is 95.1. The fourth-order valence-corrected chi connectivity index (χ4v) is 0.925. The average Bonchev–Trinajstić information content (AvgIpc) is 2.03. The number of carboxylic acid groups (broad SMARTS) is 1. The molecule has 3 heteroatoms. The molecule has 0 bridgehead atoms. The van der Waals surface area contributed by atoms with Gasteiger partial charge >= 0.3 is 0 Å². The minimum atomic E-state index is -1.08. The second-order valence-electron chi connectivity index (χ2n) is 3.05. The number of unbranched alkanes of at least 4 members (excludes halogenated alkanes) is 5. The van der Waals surface area contributed by atoms with Gasteiger partial charge in [0, 0.05) is 5.97 Å². The molecule has 0 saturated heterocycles. The van der Waals surface area contributed by atoms with Crippen LogP contribution in [0.5, 0.6) is 0 Å². The van der Waals surface area contributed by atoms with Crippen molar-refractivity contribution in [1.82, 2.24) is 0 Å². The lowest BCUT2D eigenvalue weighted by molar-refractivity contribution is -0.302. The Kier molecular flexibility index (Phi) is 16.1. The molecule has 3 nitrogen and oxygen atoms in total. The van der Waals surface area contributed by atoms with Gasteiger partial charge in [-0.25, -0.2) is 0 Å². The van der Waals surface area contributed by atoms with Crippen LogP contribution in [0.1, 0.15) is 52.4 Å². The fourth-order valence-electron chi connectivity index (χ4n) is 0.925. The van der Waals surface area contributed by atoms with Gasteiger partial charge in [-0.2, -0.15) is 0 Å². The number of hydrogen-bond acceptors (Lipinski definition) is 3. The molecule has 13 heavy (non-hydrogen) atoms. The first-order chi connectivity index (χ1) is 6.15. The van der Waals surface area contributed by atoms with Gasteiger partial charge in [-0.3, -0.25) is 0 Å². The zero-order chi connectivity index (χ0) is 10.5. The second kappa shape index (κ2) is 14.0. The number of rotatable bonds is 6. The summed E-state index contributed by atoms with van der Waals surface area (Å²) in [6.07, 6.45) is 8.05. The van der Waals surface area contributed by atoms with Gasteiger partial charge in [-0.1, -0.05) is 39.0 Å². The van der Waals surface area contributed by atoms with E-state index in [2.05, 4.69) is 6.92 Å². The maximum absolute atomic E-state index is 8.89. The van der Waals surface area contributed by atoms with Crippen LogP contribution in [0.25, 0.3) is 0 Å². The van der Waals surface area contributed by atoms with E-state index in [-0.39, 0.29) is 0 Å². The molecule has 2 N–H and O–H groups in total. The van der Waals surface area contributed by atoms with Crippen LogP contribution in [0.2, 0.25) is 0 Å². The zero-order valence-electron chi connectivity index (χ0n) is 8.84. The van der Waals surface area contributed by atoms with Gasteiger partial charge < -0.3 is 15.6 Å². The van der Waals surface area contributed by atoms with Gasteiger partial charge in [-0.05, 0) is 19.9 Å². The lowest BCUT2D eigenvalue weighted by atomic mass is 10.1. The minimum Gasteiger partial charge on any atom is -0.550 e. The Morgan fingerprint density at radius 1 is 1.15 bits per heavy atom. The van der Waals surface area contributed by atoms with Gasteiger partial charge in [0.15, 0.2) is 0 Å². The van der Waals surface area contributed by atoms with E-state index in [1.807, 2.05) is 0 Å². The van der Waals surface area contributed by atoms with E-state index in [0.29, 0.717) is 0 Å². The summed E-state index contributed by atoms with van der Waals surface area (Å²) in [7, 11) is 0. The molecule has 0 amide bonds. The van der Waals surface area contributed by atoms with Crippen molar-refractivity contribution in [3.63, 3.8) is 0 Å². The summed E-state index contributed by atoms with van der Waals surface area (Å²) in [6, 6.07) is 0. The van der Waals surface area contributed by atoms with Crippen LogP contribution in [-0.4, -0.2) is 12.5 Å². The van der Waals surface area contributed by atoms with Crippen LogP contribution in [-0.2, 0) is 4.79 Å². The molecule has 0 unspecified atom stereocenters. The first kappa shape index (κ1) is 14.9. The van der Waals surface area contributed by atoms with Crippen LogP contribution in [0.4, 0.5) is 0 Å². The molecular weight excluding hydrogens is 166 g/mol. The quantitative estimate of drug-likeness (QED) is 0.634. The summed E-state index contributed by atoms with van der Waals surface area (Å²) in [5.41, 5.74) is 5.34. The van der Waals surface area contributed by atoms with E-state index < -0.39 is 5.97 Å². The van der Waals surface area contributed by atoms with E-state index in [1.165, 1.54) is 38.5 Å². The van der Waals surface area contributed by atoms with Crippen LogP contribution in [0, 0.1) is 0 Å². The van der Waals surface area contributed by atoms with Gasteiger partial charge in [0.25, 0.3) is 0 Å². The average molecular weight is 188 g/mol. The molecule has 0 rings (SSSR count). The third kappa shape index (κ3) is 34.5. The molecule has 80 valence electrons. The van der Waals surface area contributed by atoms with Crippen molar-refractivity contribution in [2.75, 3.05) is 6.54 Å². The lowest BCUT2D eigenvalue weighted by Crippen LogP contribution is -2.16. The molecule has 0 heterocycles. The number of nitrogens with two attached hydrogens (primary N) is 1. The van der Waals surface area contributed by atoms with E-state index in [4.69, 9.17) is 15.6 Å². The molecule has 0 spiro atoms. The van der Waals surface area contributed by atoms with Crippen molar-refractivity contribution in [1.29, 1.82) is 0 Å². The third-order valence-electron chi connectivity index (χ3n) is 1.56. The predicted octanol–water partition coefficient (Wildman–Crippen LogP) is 1.06. The van der Waals surface area contributed by atoms with Crippen LogP contribution < -0.4 is 10.8 Å². The number of hydrogen-bond donors (Lipinski definition) is 1. The Morgan fingerprint density at radius 2 is 1.54 bits per heavy atom. The predicted molar refractivity (Wildman–Crippen MR) is 53.1 cm³/mol. The smallest absolute Gasteiger partial charge is 0.0383 e. The normalized spacial score (nSPS) is 8.85. The number of carbonyl (C=O) groups is 1. The van der Waals surface area contributed by atoms with Crippen molar-refractivity contribution < 1.29 is 9.90 Å². The van der Waals surface area contributed by atoms with Gasteiger partial charge in [0.1, 0.15) is 0 Å².